The Morgan fingerprint density at radius 2 is 2.00 bits per heavy atom. The van der Waals surface area contributed by atoms with E-state index in [0.29, 0.717) is 17.9 Å². The molecule has 0 aromatic carbocycles. The highest BCUT2D eigenvalue weighted by molar-refractivity contribution is 5.86. The summed E-state index contributed by atoms with van der Waals surface area (Å²) < 4.78 is 10.9. The van der Waals surface area contributed by atoms with Gasteiger partial charge in [-0.1, -0.05) is 27.4 Å². The number of hydrogen-bond donors (Lipinski definition) is 1. The number of esters is 1. The normalized spacial score (nSPS) is 39.6. The van der Waals surface area contributed by atoms with Crippen LogP contribution in [0.1, 0.15) is 53.9 Å². The summed E-state index contributed by atoms with van der Waals surface area (Å²) in [6, 6.07) is 0. The number of carbonyl (C=O) groups excluding carboxylic acids is 1. The van der Waals surface area contributed by atoms with Crippen molar-refractivity contribution in [3.05, 3.63) is 12.2 Å². The number of ether oxygens (including phenoxy) is 2. The lowest BCUT2D eigenvalue weighted by molar-refractivity contribution is -0.324. The van der Waals surface area contributed by atoms with E-state index in [9.17, 15) is 9.90 Å². The molecule has 0 heterocycles. The van der Waals surface area contributed by atoms with Crippen molar-refractivity contribution in [2.45, 2.75) is 66.0 Å². The van der Waals surface area contributed by atoms with Crippen LogP contribution in [0.3, 0.4) is 0 Å². The summed E-state index contributed by atoms with van der Waals surface area (Å²) in [5, 5.41) is 11.0. The summed E-state index contributed by atoms with van der Waals surface area (Å²) in [7, 11) is 0. The number of carbonyl (C=O) groups is 1. The molecule has 0 saturated heterocycles. The third kappa shape index (κ3) is 2.01. The van der Waals surface area contributed by atoms with E-state index in [1.807, 2.05) is 0 Å². The molecule has 2 aliphatic rings. The predicted octanol–water partition coefficient (Wildman–Crippen LogP) is 3.00. The molecule has 114 valence electrons. The van der Waals surface area contributed by atoms with Gasteiger partial charge in [-0.3, -0.25) is 0 Å². The SMILES string of the molecule is C=C(C)C(=O)OC(C)O[C@]1(O)C[C@H]2CC[C@]1(C)C2(C)C. The van der Waals surface area contributed by atoms with Crippen LogP contribution in [0.25, 0.3) is 0 Å². The number of rotatable bonds is 4. The fraction of sp³-hybridized carbons (Fsp3) is 0.812. The number of aliphatic hydroxyl groups is 1. The van der Waals surface area contributed by atoms with E-state index in [2.05, 4.69) is 27.4 Å². The van der Waals surface area contributed by atoms with Crippen LogP contribution >= 0.6 is 0 Å². The zero-order valence-electron chi connectivity index (χ0n) is 13.2. The van der Waals surface area contributed by atoms with Gasteiger partial charge in [0.1, 0.15) is 0 Å². The molecule has 20 heavy (non-hydrogen) atoms. The monoisotopic (exact) mass is 282 g/mol. The molecule has 2 saturated carbocycles. The van der Waals surface area contributed by atoms with Crippen molar-refractivity contribution in [1.29, 1.82) is 0 Å². The molecule has 1 N–H and O–H groups in total. The average molecular weight is 282 g/mol. The maximum Gasteiger partial charge on any atom is 0.335 e. The van der Waals surface area contributed by atoms with Crippen molar-refractivity contribution in [1.82, 2.24) is 0 Å². The highest BCUT2D eigenvalue weighted by atomic mass is 16.8. The first-order valence-electron chi connectivity index (χ1n) is 7.30. The Morgan fingerprint density at radius 1 is 1.40 bits per heavy atom. The van der Waals surface area contributed by atoms with Gasteiger partial charge in [0, 0.05) is 17.4 Å². The Labute approximate surface area is 121 Å². The summed E-state index contributed by atoms with van der Waals surface area (Å²) in [6.07, 6.45) is 1.87. The lowest BCUT2D eigenvalue weighted by Crippen LogP contribution is -2.51. The third-order valence-corrected chi connectivity index (χ3v) is 5.80. The Bertz CT molecular complexity index is 442. The van der Waals surface area contributed by atoms with Gasteiger partial charge in [-0.05, 0) is 38.0 Å². The Morgan fingerprint density at radius 3 is 2.40 bits per heavy atom. The molecule has 0 aliphatic heterocycles. The molecule has 2 rings (SSSR count). The second-order valence-corrected chi connectivity index (χ2v) is 7.15. The molecule has 1 unspecified atom stereocenters. The van der Waals surface area contributed by atoms with Crippen LogP contribution in [0, 0.1) is 16.7 Å². The fourth-order valence-electron chi connectivity index (χ4n) is 3.94. The van der Waals surface area contributed by atoms with Crippen LogP contribution in [-0.2, 0) is 14.3 Å². The van der Waals surface area contributed by atoms with Crippen LogP contribution in [0.2, 0.25) is 0 Å². The average Bonchev–Trinajstić information content (AvgIpc) is 2.60. The maximum atomic E-state index is 11.5. The largest absolute Gasteiger partial charge is 0.433 e. The standard InChI is InChI=1S/C16H26O4/c1-10(2)13(17)19-11(3)20-16(18)9-12-7-8-15(16,6)14(12,4)5/h11-12,18H,1,7-9H2,2-6H3/t11?,12-,15-,16-/m1/s1. The van der Waals surface area contributed by atoms with Gasteiger partial charge in [0.25, 0.3) is 0 Å². The van der Waals surface area contributed by atoms with Crippen LogP contribution in [0.5, 0.6) is 0 Å². The first-order chi connectivity index (χ1) is 9.03. The molecular weight excluding hydrogens is 256 g/mol. The van der Waals surface area contributed by atoms with Crippen LogP contribution < -0.4 is 0 Å². The summed E-state index contributed by atoms with van der Waals surface area (Å²) in [5.74, 6) is -1.27. The van der Waals surface area contributed by atoms with Gasteiger partial charge in [0.05, 0.1) is 0 Å². The van der Waals surface area contributed by atoms with E-state index in [-0.39, 0.29) is 10.8 Å². The number of fused-ring (bicyclic) bond motifs is 2. The number of hydrogen-bond acceptors (Lipinski definition) is 4. The van der Waals surface area contributed by atoms with Gasteiger partial charge in [-0.15, -0.1) is 0 Å². The van der Waals surface area contributed by atoms with E-state index < -0.39 is 18.0 Å². The molecule has 2 fully saturated rings. The second kappa shape index (κ2) is 4.57. The summed E-state index contributed by atoms with van der Waals surface area (Å²) in [6.45, 7) is 13.2. The van der Waals surface area contributed by atoms with Gasteiger partial charge >= 0.3 is 5.97 Å². The zero-order chi connectivity index (χ0) is 15.3. The molecule has 4 heteroatoms. The minimum absolute atomic E-state index is 0.0276. The first-order valence-corrected chi connectivity index (χ1v) is 7.30. The molecule has 4 nitrogen and oxygen atoms in total. The summed E-state index contributed by atoms with van der Waals surface area (Å²) in [5.41, 5.74) is 0.0425. The molecule has 2 bridgehead atoms. The lowest BCUT2D eigenvalue weighted by Gasteiger charge is -2.45. The van der Waals surface area contributed by atoms with Crippen molar-refractivity contribution in [3.8, 4) is 0 Å². The van der Waals surface area contributed by atoms with E-state index in [4.69, 9.17) is 9.47 Å². The zero-order valence-corrected chi connectivity index (χ0v) is 13.2. The third-order valence-electron chi connectivity index (χ3n) is 5.80. The highest BCUT2D eigenvalue weighted by Crippen LogP contribution is 2.70. The quantitative estimate of drug-likeness (QED) is 0.489. The van der Waals surface area contributed by atoms with Gasteiger partial charge in [0.15, 0.2) is 5.79 Å². The van der Waals surface area contributed by atoms with Gasteiger partial charge in [-0.25, -0.2) is 4.79 Å². The van der Waals surface area contributed by atoms with E-state index in [0.717, 1.165) is 12.8 Å². The molecule has 0 aromatic rings. The smallest absolute Gasteiger partial charge is 0.335 e. The molecule has 0 spiro atoms. The van der Waals surface area contributed by atoms with Crippen molar-refractivity contribution in [2.24, 2.45) is 16.7 Å². The van der Waals surface area contributed by atoms with Gasteiger partial charge < -0.3 is 14.6 Å². The van der Waals surface area contributed by atoms with Crippen LogP contribution in [-0.4, -0.2) is 23.2 Å². The van der Waals surface area contributed by atoms with E-state index in [1.54, 1.807) is 13.8 Å². The topological polar surface area (TPSA) is 55.8 Å². The van der Waals surface area contributed by atoms with Crippen molar-refractivity contribution < 1.29 is 19.4 Å². The summed E-state index contributed by atoms with van der Waals surface area (Å²) in [4.78, 5) is 11.5. The summed E-state index contributed by atoms with van der Waals surface area (Å²) >= 11 is 0. The Kier molecular flexibility index (Phi) is 3.54. The molecule has 2 aliphatic carbocycles. The Balaban J connectivity index is 2.10. The maximum absolute atomic E-state index is 11.5. The van der Waals surface area contributed by atoms with Gasteiger partial charge in [-0.2, -0.15) is 0 Å². The molecule has 0 aromatic heterocycles. The van der Waals surface area contributed by atoms with Crippen LogP contribution in [0.4, 0.5) is 0 Å². The molecule has 0 amide bonds. The van der Waals surface area contributed by atoms with Gasteiger partial charge in [0.2, 0.25) is 6.29 Å². The molecule has 4 atom stereocenters. The van der Waals surface area contributed by atoms with Crippen molar-refractivity contribution >= 4 is 5.97 Å². The highest BCUT2D eigenvalue weighted by Gasteiger charge is 2.69. The van der Waals surface area contributed by atoms with Crippen LogP contribution in [0.15, 0.2) is 12.2 Å². The van der Waals surface area contributed by atoms with Crippen molar-refractivity contribution in [3.63, 3.8) is 0 Å². The van der Waals surface area contributed by atoms with E-state index in [1.165, 1.54) is 0 Å². The first kappa shape index (κ1) is 15.5. The van der Waals surface area contributed by atoms with E-state index >= 15 is 0 Å². The minimum Gasteiger partial charge on any atom is -0.433 e. The fourth-order valence-corrected chi connectivity index (χ4v) is 3.94. The predicted molar refractivity (Wildman–Crippen MR) is 75.6 cm³/mol. The molecule has 0 radical (unpaired) electrons. The lowest BCUT2D eigenvalue weighted by atomic mass is 9.68. The minimum atomic E-state index is -1.23. The van der Waals surface area contributed by atoms with Crippen molar-refractivity contribution in [2.75, 3.05) is 0 Å². The molecular formula is C16H26O4. The Hall–Kier alpha value is -0.870. The second-order valence-electron chi connectivity index (χ2n) is 7.15.